The van der Waals surface area contributed by atoms with Gasteiger partial charge >= 0.3 is 0 Å². The zero-order chi connectivity index (χ0) is 17.8. The summed E-state index contributed by atoms with van der Waals surface area (Å²) in [6.45, 7) is 0.105. The molecule has 0 unspecified atom stereocenters. The Morgan fingerprint density at radius 2 is 2.15 bits per heavy atom. The van der Waals surface area contributed by atoms with Crippen molar-refractivity contribution in [3.05, 3.63) is 60.0 Å². The zero-order valence-electron chi connectivity index (χ0n) is 13.6. The van der Waals surface area contributed by atoms with Gasteiger partial charge in [0.15, 0.2) is 18.1 Å². The van der Waals surface area contributed by atoms with Gasteiger partial charge in [0, 0.05) is 6.20 Å². The van der Waals surface area contributed by atoms with Crippen molar-refractivity contribution in [2.75, 3.05) is 6.61 Å². The summed E-state index contributed by atoms with van der Waals surface area (Å²) in [7, 11) is 0. The number of pyridine rings is 1. The van der Waals surface area contributed by atoms with Crippen LogP contribution in [0.4, 0.5) is 0 Å². The molecule has 0 aliphatic heterocycles. The van der Waals surface area contributed by atoms with Gasteiger partial charge in [0.2, 0.25) is 0 Å². The van der Waals surface area contributed by atoms with Crippen LogP contribution >= 0.6 is 11.3 Å². The Bertz CT molecular complexity index is 1020. The average Bonchev–Trinajstić information content (AvgIpc) is 3.35. The smallest absolute Gasteiger partial charge is 0.258 e. The minimum atomic E-state index is -0.264. The first-order chi connectivity index (χ1) is 12.8. The van der Waals surface area contributed by atoms with Crippen molar-refractivity contribution in [1.82, 2.24) is 30.1 Å². The molecule has 0 atom stereocenters. The highest BCUT2D eigenvalue weighted by Gasteiger charge is 2.11. The maximum atomic E-state index is 12.0. The van der Waals surface area contributed by atoms with Gasteiger partial charge in [0.25, 0.3) is 5.91 Å². The number of thiophene rings is 1. The molecule has 9 heteroatoms. The van der Waals surface area contributed by atoms with Crippen LogP contribution in [-0.2, 0) is 11.3 Å². The number of aromatic nitrogens is 5. The van der Waals surface area contributed by atoms with Crippen LogP contribution in [0.5, 0.6) is 5.75 Å². The van der Waals surface area contributed by atoms with Crippen LogP contribution < -0.4 is 10.1 Å². The molecule has 0 saturated carbocycles. The second kappa shape index (κ2) is 7.28. The first kappa shape index (κ1) is 16.2. The van der Waals surface area contributed by atoms with E-state index < -0.39 is 0 Å². The Kier molecular flexibility index (Phi) is 4.52. The van der Waals surface area contributed by atoms with E-state index in [9.17, 15) is 4.79 Å². The molecule has 8 nitrogen and oxygen atoms in total. The summed E-state index contributed by atoms with van der Waals surface area (Å²) in [4.78, 5) is 17.0. The number of fused-ring (bicyclic) bond motifs is 1. The Morgan fingerprint density at radius 3 is 2.96 bits per heavy atom. The fraction of sp³-hybridized carbons (Fsp3) is 0.118. The van der Waals surface area contributed by atoms with Crippen molar-refractivity contribution in [3.63, 3.8) is 0 Å². The van der Waals surface area contributed by atoms with E-state index in [2.05, 4.69) is 25.6 Å². The lowest BCUT2D eigenvalue weighted by molar-refractivity contribution is -0.123. The summed E-state index contributed by atoms with van der Waals surface area (Å²) >= 11 is 1.61. The SMILES string of the molecule is O=C(COc1cccnc1)NCc1nnc2ccc(-c3cccs3)nn12. The minimum absolute atomic E-state index is 0.101. The van der Waals surface area contributed by atoms with E-state index in [0.29, 0.717) is 17.2 Å². The molecule has 0 spiro atoms. The summed E-state index contributed by atoms with van der Waals surface area (Å²) in [5.74, 6) is 0.825. The third kappa shape index (κ3) is 3.52. The van der Waals surface area contributed by atoms with Crippen LogP contribution in [0.3, 0.4) is 0 Å². The molecule has 4 aromatic rings. The molecule has 4 heterocycles. The standard InChI is InChI=1S/C17H14N6O2S/c24-17(11-25-12-3-1-7-18-9-12)19-10-16-21-20-15-6-5-13(22-23(15)16)14-4-2-8-26-14/h1-9H,10-11H2,(H,19,24). The van der Waals surface area contributed by atoms with E-state index in [-0.39, 0.29) is 19.1 Å². The highest BCUT2D eigenvalue weighted by Crippen LogP contribution is 2.22. The molecule has 26 heavy (non-hydrogen) atoms. The van der Waals surface area contributed by atoms with Crippen LogP contribution in [0.15, 0.2) is 54.2 Å². The van der Waals surface area contributed by atoms with E-state index in [1.165, 1.54) is 0 Å². The second-order valence-corrected chi connectivity index (χ2v) is 6.28. The molecule has 0 aliphatic carbocycles. The van der Waals surface area contributed by atoms with E-state index in [1.54, 1.807) is 40.4 Å². The monoisotopic (exact) mass is 366 g/mol. The highest BCUT2D eigenvalue weighted by molar-refractivity contribution is 7.13. The minimum Gasteiger partial charge on any atom is -0.482 e. The number of rotatable bonds is 6. The van der Waals surface area contributed by atoms with Gasteiger partial charge in [-0.3, -0.25) is 9.78 Å². The van der Waals surface area contributed by atoms with Gasteiger partial charge in [-0.1, -0.05) is 6.07 Å². The third-order valence-electron chi connectivity index (χ3n) is 3.55. The Hall–Kier alpha value is -3.33. The van der Waals surface area contributed by atoms with Crippen LogP contribution in [0.2, 0.25) is 0 Å². The normalized spacial score (nSPS) is 10.8. The predicted molar refractivity (Wildman–Crippen MR) is 95.7 cm³/mol. The first-order valence-electron chi connectivity index (χ1n) is 7.84. The topological polar surface area (TPSA) is 94.3 Å². The summed E-state index contributed by atoms with van der Waals surface area (Å²) in [5.41, 5.74) is 1.46. The van der Waals surface area contributed by atoms with E-state index in [4.69, 9.17) is 4.74 Å². The number of amides is 1. The molecule has 0 fully saturated rings. The number of nitrogens with one attached hydrogen (secondary N) is 1. The zero-order valence-corrected chi connectivity index (χ0v) is 14.4. The van der Waals surface area contributed by atoms with Crippen molar-refractivity contribution in [2.24, 2.45) is 0 Å². The van der Waals surface area contributed by atoms with Gasteiger partial charge in [-0.15, -0.1) is 21.5 Å². The number of hydrogen-bond acceptors (Lipinski definition) is 7. The van der Waals surface area contributed by atoms with E-state index in [1.807, 2.05) is 29.6 Å². The highest BCUT2D eigenvalue weighted by atomic mass is 32.1. The van der Waals surface area contributed by atoms with Crippen molar-refractivity contribution >= 4 is 22.9 Å². The molecule has 0 bridgehead atoms. The predicted octanol–water partition coefficient (Wildman–Crippen LogP) is 1.94. The molecule has 4 aromatic heterocycles. The number of ether oxygens (including phenoxy) is 1. The molecule has 0 saturated heterocycles. The number of nitrogens with zero attached hydrogens (tertiary/aromatic N) is 5. The molecule has 0 aliphatic rings. The first-order valence-corrected chi connectivity index (χ1v) is 8.72. The van der Waals surface area contributed by atoms with Gasteiger partial charge in [0.1, 0.15) is 11.4 Å². The number of hydrogen-bond donors (Lipinski definition) is 1. The lowest BCUT2D eigenvalue weighted by Gasteiger charge is -2.06. The van der Waals surface area contributed by atoms with Crippen molar-refractivity contribution in [3.8, 4) is 16.3 Å². The summed E-state index contributed by atoms with van der Waals surface area (Å²) in [6, 6.07) is 11.2. The fourth-order valence-electron chi connectivity index (χ4n) is 2.31. The Morgan fingerprint density at radius 1 is 1.19 bits per heavy atom. The van der Waals surface area contributed by atoms with Crippen LogP contribution in [0.1, 0.15) is 5.82 Å². The average molecular weight is 366 g/mol. The van der Waals surface area contributed by atoms with Crippen LogP contribution in [-0.4, -0.2) is 37.3 Å². The molecule has 0 aromatic carbocycles. The summed E-state index contributed by atoms with van der Waals surface area (Å²) < 4.78 is 7.00. The quantitative estimate of drug-likeness (QED) is 0.560. The molecule has 0 radical (unpaired) electrons. The lowest BCUT2D eigenvalue weighted by Crippen LogP contribution is -2.29. The maximum Gasteiger partial charge on any atom is 0.258 e. The van der Waals surface area contributed by atoms with E-state index in [0.717, 1.165) is 10.6 Å². The lowest BCUT2D eigenvalue weighted by atomic mass is 10.3. The fourth-order valence-corrected chi connectivity index (χ4v) is 3.00. The van der Waals surface area contributed by atoms with Crippen LogP contribution in [0, 0.1) is 0 Å². The molecule has 130 valence electrons. The Labute approximate surface area is 152 Å². The Balaban J connectivity index is 1.42. The van der Waals surface area contributed by atoms with Gasteiger partial charge in [-0.25, -0.2) is 0 Å². The maximum absolute atomic E-state index is 12.0. The van der Waals surface area contributed by atoms with Gasteiger partial charge in [-0.05, 0) is 35.7 Å². The molecular weight excluding hydrogens is 352 g/mol. The van der Waals surface area contributed by atoms with Gasteiger partial charge in [-0.2, -0.15) is 9.61 Å². The van der Waals surface area contributed by atoms with Crippen LogP contribution in [0.25, 0.3) is 16.2 Å². The number of carbonyl (C=O) groups excluding carboxylic acids is 1. The summed E-state index contributed by atoms with van der Waals surface area (Å²) in [5, 5.41) is 17.5. The van der Waals surface area contributed by atoms with Gasteiger partial charge < -0.3 is 10.1 Å². The molecular formula is C17H14N6O2S. The third-order valence-corrected chi connectivity index (χ3v) is 4.44. The molecule has 1 N–H and O–H groups in total. The molecule has 4 rings (SSSR count). The van der Waals surface area contributed by atoms with E-state index >= 15 is 0 Å². The van der Waals surface area contributed by atoms with Crippen molar-refractivity contribution in [2.45, 2.75) is 6.54 Å². The van der Waals surface area contributed by atoms with Crippen molar-refractivity contribution < 1.29 is 9.53 Å². The van der Waals surface area contributed by atoms with Crippen molar-refractivity contribution in [1.29, 1.82) is 0 Å². The largest absolute Gasteiger partial charge is 0.482 e. The summed E-state index contributed by atoms with van der Waals surface area (Å²) in [6.07, 6.45) is 3.19. The van der Waals surface area contributed by atoms with Gasteiger partial charge in [0.05, 0.1) is 17.6 Å². The molecule has 1 amide bonds. The second-order valence-electron chi connectivity index (χ2n) is 5.34. The number of carbonyl (C=O) groups is 1.